The molecule has 118 valence electrons. The molecule has 0 heterocycles. The van der Waals surface area contributed by atoms with Gasteiger partial charge in [0.25, 0.3) is 0 Å². The first-order valence-electron chi connectivity index (χ1n) is 7.70. The van der Waals surface area contributed by atoms with Gasteiger partial charge in [0.05, 0.1) is 0 Å². The highest BCUT2D eigenvalue weighted by Crippen LogP contribution is 2.17. The summed E-state index contributed by atoms with van der Waals surface area (Å²) >= 11 is 0. The Balaban J connectivity index is 5.34. The van der Waals surface area contributed by atoms with Crippen LogP contribution in [-0.2, 0) is 0 Å². The smallest absolute Gasteiger partial charge is 0.0233 e. The second-order valence-corrected chi connectivity index (χ2v) is 5.67. The van der Waals surface area contributed by atoms with Gasteiger partial charge in [0.15, 0.2) is 0 Å². The summed E-state index contributed by atoms with van der Waals surface area (Å²) in [5.74, 6) is 0. The van der Waals surface area contributed by atoms with Gasteiger partial charge in [0.1, 0.15) is 0 Å². The monoisotopic (exact) mass is 294 g/mol. The zero-order chi connectivity index (χ0) is 17.1. The van der Waals surface area contributed by atoms with E-state index in [0.717, 1.165) is 23.1 Å². The minimum Gasteiger partial charge on any atom is -0.0985 e. The first-order chi connectivity index (χ1) is 10.3. The summed E-state index contributed by atoms with van der Waals surface area (Å²) in [7, 11) is 0. The zero-order valence-electron chi connectivity index (χ0n) is 14.9. The van der Waals surface area contributed by atoms with Crippen LogP contribution in [-0.4, -0.2) is 0 Å². The predicted molar refractivity (Wildman–Crippen MR) is 103 cm³/mol. The van der Waals surface area contributed by atoms with Crippen LogP contribution >= 0.6 is 0 Å². The molecule has 0 radical (unpaired) electrons. The number of rotatable bonds is 8. The van der Waals surface area contributed by atoms with Gasteiger partial charge in [-0.3, -0.25) is 0 Å². The van der Waals surface area contributed by atoms with Crippen molar-refractivity contribution in [3.05, 3.63) is 95.7 Å². The largest absolute Gasteiger partial charge is 0.0985 e. The Kier molecular flexibility index (Phi) is 9.61. The van der Waals surface area contributed by atoms with Crippen molar-refractivity contribution >= 4 is 0 Å². The van der Waals surface area contributed by atoms with Crippen molar-refractivity contribution in [2.24, 2.45) is 0 Å². The molecule has 0 aromatic heterocycles. The third-order valence-corrected chi connectivity index (χ3v) is 3.17. The van der Waals surface area contributed by atoms with Crippen LogP contribution in [0.5, 0.6) is 0 Å². The van der Waals surface area contributed by atoms with Crippen molar-refractivity contribution in [1.29, 1.82) is 0 Å². The number of hydrogen-bond donors (Lipinski definition) is 0. The van der Waals surface area contributed by atoms with Crippen LogP contribution in [0.3, 0.4) is 0 Å². The summed E-state index contributed by atoms with van der Waals surface area (Å²) < 4.78 is 0. The molecule has 0 nitrogen and oxygen atoms in total. The van der Waals surface area contributed by atoms with Crippen molar-refractivity contribution in [2.75, 3.05) is 0 Å². The molecule has 0 aliphatic rings. The summed E-state index contributed by atoms with van der Waals surface area (Å²) in [6, 6.07) is 0. The number of hydrogen-bond acceptors (Lipinski definition) is 0. The summed E-state index contributed by atoms with van der Waals surface area (Å²) in [6.07, 6.45) is 15.3. The molecule has 0 fully saturated rings. The van der Waals surface area contributed by atoms with E-state index in [2.05, 4.69) is 71.7 Å². The maximum atomic E-state index is 4.13. The summed E-state index contributed by atoms with van der Waals surface area (Å²) in [4.78, 5) is 0. The maximum absolute atomic E-state index is 4.13. The summed E-state index contributed by atoms with van der Waals surface area (Å²) in [5, 5.41) is 0. The van der Waals surface area contributed by atoms with Crippen LogP contribution in [0, 0.1) is 0 Å². The molecule has 0 unspecified atom stereocenters. The predicted octanol–water partition coefficient (Wildman–Crippen LogP) is 7.04. The molecule has 0 spiro atoms. The molecule has 0 atom stereocenters. The molecule has 22 heavy (non-hydrogen) atoms. The van der Waals surface area contributed by atoms with Crippen LogP contribution in [0.15, 0.2) is 95.7 Å². The fraction of sp³-hybridized carbons (Fsp3) is 0.273. The van der Waals surface area contributed by atoms with Gasteiger partial charge in [-0.05, 0) is 56.4 Å². The Morgan fingerprint density at radius 2 is 1.50 bits per heavy atom. The van der Waals surface area contributed by atoms with Crippen LogP contribution < -0.4 is 0 Å². The van der Waals surface area contributed by atoms with Gasteiger partial charge in [0, 0.05) is 0 Å². The van der Waals surface area contributed by atoms with Crippen molar-refractivity contribution in [2.45, 2.75) is 41.0 Å². The van der Waals surface area contributed by atoms with E-state index in [1.807, 2.05) is 25.2 Å². The van der Waals surface area contributed by atoms with Crippen molar-refractivity contribution in [3.63, 3.8) is 0 Å². The van der Waals surface area contributed by atoms with Crippen molar-refractivity contribution < 1.29 is 0 Å². The highest BCUT2D eigenvalue weighted by Gasteiger charge is 1.97. The lowest BCUT2D eigenvalue weighted by atomic mass is 10.0. The van der Waals surface area contributed by atoms with Crippen molar-refractivity contribution in [1.82, 2.24) is 0 Å². The van der Waals surface area contributed by atoms with Gasteiger partial charge in [-0.1, -0.05) is 80.3 Å². The molecule has 0 heteroatoms. The Labute approximate surface area is 137 Å². The maximum Gasteiger partial charge on any atom is -0.0233 e. The molecule has 0 N–H and O–H groups in total. The second-order valence-electron chi connectivity index (χ2n) is 5.67. The van der Waals surface area contributed by atoms with Gasteiger partial charge in [-0.15, -0.1) is 0 Å². The third-order valence-electron chi connectivity index (χ3n) is 3.17. The van der Waals surface area contributed by atoms with E-state index in [9.17, 15) is 0 Å². The van der Waals surface area contributed by atoms with Gasteiger partial charge >= 0.3 is 0 Å². The van der Waals surface area contributed by atoms with E-state index in [-0.39, 0.29) is 0 Å². The Hall–Kier alpha value is -2.08. The highest BCUT2D eigenvalue weighted by molar-refractivity contribution is 5.45. The first kappa shape index (κ1) is 19.9. The van der Waals surface area contributed by atoms with Crippen LogP contribution in [0.25, 0.3) is 0 Å². The van der Waals surface area contributed by atoms with Gasteiger partial charge in [0.2, 0.25) is 0 Å². The molecule has 0 aromatic carbocycles. The van der Waals surface area contributed by atoms with E-state index < -0.39 is 0 Å². The molecule has 0 saturated carbocycles. The van der Waals surface area contributed by atoms with E-state index in [1.54, 1.807) is 0 Å². The average Bonchev–Trinajstić information content (AvgIpc) is 2.45. The molecule has 0 saturated heterocycles. The molecular formula is C22H30. The fourth-order valence-corrected chi connectivity index (χ4v) is 1.74. The first-order valence-corrected chi connectivity index (χ1v) is 7.70. The average molecular weight is 294 g/mol. The molecule has 0 aromatic rings. The molecular weight excluding hydrogens is 264 g/mol. The normalized spacial score (nSPS) is 13.2. The Bertz CT molecular complexity index is 565. The van der Waals surface area contributed by atoms with Crippen LogP contribution in [0.4, 0.5) is 0 Å². The number of allylic oxidation sites excluding steroid dienone is 13. The highest BCUT2D eigenvalue weighted by atomic mass is 14.0. The molecule has 0 aliphatic carbocycles. The Morgan fingerprint density at radius 3 is 1.95 bits per heavy atom. The van der Waals surface area contributed by atoms with E-state index in [4.69, 9.17) is 0 Å². The minimum absolute atomic E-state index is 0.949. The molecule has 0 amide bonds. The molecule has 0 aliphatic heterocycles. The molecule has 0 rings (SSSR count). The lowest BCUT2D eigenvalue weighted by Crippen LogP contribution is -1.85. The van der Waals surface area contributed by atoms with Crippen LogP contribution in [0.1, 0.15) is 41.0 Å². The second kappa shape index (κ2) is 10.6. The van der Waals surface area contributed by atoms with Gasteiger partial charge in [-0.25, -0.2) is 0 Å². The summed E-state index contributed by atoms with van der Waals surface area (Å²) in [5.41, 5.74) is 6.88. The van der Waals surface area contributed by atoms with E-state index in [0.29, 0.717) is 0 Å². The minimum atomic E-state index is 0.949. The standard InChI is InChI=1S/C22H30/c1-9-21(15-12-18(5)6)20(8)14-16-22(10-2)19(7)13-11-17(3)4/h9,11-16H,1,3,7,10H2,2,4-6,8H3/b13-11-,20-14+,21-15+,22-16+. The molecule has 0 bridgehead atoms. The van der Waals surface area contributed by atoms with E-state index in [1.165, 1.54) is 16.7 Å². The van der Waals surface area contributed by atoms with Gasteiger partial charge < -0.3 is 0 Å². The lowest BCUT2D eigenvalue weighted by Gasteiger charge is -2.05. The quantitative estimate of drug-likeness (QED) is 0.421. The lowest BCUT2D eigenvalue weighted by molar-refractivity contribution is 1.13. The van der Waals surface area contributed by atoms with Crippen molar-refractivity contribution in [3.8, 4) is 0 Å². The van der Waals surface area contributed by atoms with E-state index >= 15 is 0 Å². The fourth-order valence-electron chi connectivity index (χ4n) is 1.74. The Morgan fingerprint density at radius 1 is 0.864 bits per heavy atom. The van der Waals surface area contributed by atoms with Gasteiger partial charge in [-0.2, -0.15) is 0 Å². The SMILES string of the molecule is C=CC(=C\C=C(C)C)/C(C)=C/C=C(\CC)C(=C)/C=C\C(=C)C. The third kappa shape index (κ3) is 8.26. The summed E-state index contributed by atoms with van der Waals surface area (Å²) in [6.45, 7) is 22.3. The van der Waals surface area contributed by atoms with Crippen LogP contribution in [0.2, 0.25) is 0 Å². The topological polar surface area (TPSA) is 0 Å². The zero-order valence-corrected chi connectivity index (χ0v) is 14.9.